The van der Waals surface area contributed by atoms with Crippen LogP contribution < -0.4 is 5.32 Å². The van der Waals surface area contributed by atoms with Gasteiger partial charge in [0.1, 0.15) is 6.10 Å². The third kappa shape index (κ3) is 6.18. The number of morpholine rings is 1. The quantitative estimate of drug-likeness (QED) is 0.378. The fraction of sp³-hybridized carbons (Fsp3) is 0.545. The molecule has 1 aliphatic rings. The number of benzene rings is 1. The van der Waals surface area contributed by atoms with Crippen molar-refractivity contribution in [2.45, 2.75) is 39.2 Å². The Labute approximate surface area is 191 Å². The summed E-state index contributed by atoms with van der Waals surface area (Å²) in [6.07, 6.45) is 3.94. The molecule has 1 unspecified atom stereocenters. The van der Waals surface area contributed by atoms with Crippen LogP contribution in [0.4, 0.5) is 0 Å². The number of aryl methyl sites for hydroxylation is 2. The van der Waals surface area contributed by atoms with Gasteiger partial charge in [0, 0.05) is 37.3 Å². The van der Waals surface area contributed by atoms with Crippen LogP contribution >= 0.6 is 24.0 Å². The van der Waals surface area contributed by atoms with Crippen molar-refractivity contribution in [1.82, 2.24) is 20.0 Å². The molecule has 0 bridgehead atoms. The summed E-state index contributed by atoms with van der Waals surface area (Å²) >= 11 is 0. The first-order chi connectivity index (χ1) is 13.4. The minimum atomic E-state index is -0.0244. The van der Waals surface area contributed by atoms with Gasteiger partial charge in [-0.05, 0) is 19.4 Å². The molecule has 1 fully saturated rings. The molecule has 0 amide bonds. The topological polar surface area (TPSA) is 54.7 Å². The van der Waals surface area contributed by atoms with Crippen molar-refractivity contribution >= 4 is 29.9 Å². The molecule has 2 heterocycles. The highest BCUT2D eigenvalue weighted by molar-refractivity contribution is 14.0. The number of guanidine groups is 1. The highest BCUT2D eigenvalue weighted by Gasteiger charge is 2.26. The van der Waals surface area contributed by atoms with E-state index < -0.39 is 0 Å². The minimum absolute atomic E-state index is 0. The molecule has 2 aromatic rings. The number of ether oxygens (including phenoxy) is 1. The van der Waals surface area contributed by atoms with Gasteiger partial charge in [0.05, 0.1) is 25.9 Å². The highest BCUT2D eigenvalue weighted by Crippen LogP contribution is 2.25. The van der Waals surface area contributed by atoms with Crippen LogP contribution in [0.3, 0.4) is 0 Å². The Morgan fingerprint density at radius 3 is 2.66 bits per heavy atom. The Balaban J connectivity index is 0.00000300. The lowest BCUT2D eigenvalue weighted by atomic mass is 9.84. The molecule has 1 aromatic heterocycles. The SMILES string of the molecule is CCNC(=NCC(C)(C)c1ccc(C)cc1)N1CCOC(c2cnn(C)c2)C1.I. The highest BCUT2D eigenvalue weighted by atomic mass is 127. The van der Waals surface area contributed by atoms with Crippen LogP contribution in [0.2, 0.25) is 0 Å². The third-order valence-corrected chi connectivity index (χ3v) is 5.25. The lowest BCUT2D eigenvalue weighted by Crippen LogP contribution is -2.48. The zero-order valence-corrected chi connectivity index (χ0v) is 20.5. The predicted molar refractivity (Wildman–Crippen MR) is 129 cm³/mol. The van der Waals surface area contributed by atoms with E-state index in [9.17, 15) is 0 Å². The summed E-state index contributed by atoms with van der Waals surface area (Å²) in [6.45, 7) is 12.6. The molecular formula is C22H34IN5O. The fourth-order valence-electron chi connectivity index (χ4n) is 3.44. The molecule has 1 aliphatic heterocycles. The van der Waals surface area contributed by atoms with Crippen molar-refractivity contribution in [2.24, 2.45) is 12.0 Å². The lowest BCUT2D eigenvalue weighted by molar-refractivity contribution is -0.00806. The number of aromatic nitrogens is 2. The van der Waals surface area contributed by atoms with Gasteiger partial charge in [0.15, 0.2) is 5.96 Å². The van der Waals surface area contributed by atoms with Gasteiger partial charge in [-0.2, -0.15) is 5.10 Å². The summed E-state index contributed by atoms with van der Waals surface area (Å²) in [4.78, 5) is 7.30. The van der Waals surface area contributed by atoms with Gasteiger partial charge in [-0.1, -0.05) is 43.7 Å². The maximum absolute atomic E-state index is 5.98. The van der Waals surface area contributed by atoms with Crippen molar-refractivity contribution in [3.8, 4) is 0 Å². The van der Waals surface area contributed by atoms with E-state index in [0.29, 0.717) is 6.61 Å². The summed E-state index contributed by atoms with van der Waals surface area (Å²) in [5.74, 6) is 0.958. The smallest absolute Gasteiger partial charge is 0.194 e. The Hall–Kier alpha value is -1.61. The van der Waals surface area contributed by atoms with Crippen molar-refractivity contribution in [3.63, 3.8) is 0 Å². The number of aliphatic imine (C=N–C) groups is 1. The molecule has 6 nitrogen and oxygen atoms in total. The number of hydrogen-bond donors (Lipinski definition) is 1. The normalized spacial score (nSPS) is 17.8. The number of nitrogens with one attached hydrogen (secondary N) is 1. The van der Waals surface area contributed by atoms with Crippen LogP contribution in [0.5, 0.6) is 0 Å². The molecule has 3 rings (SSSR count). The van der Waals surface area contributed by atoms with Crippen LogP contribution in [0, 0.1) is 6.92 Å². The van der Waals surface area contributed by atoms with Crippen molar-refractivity contribution in [2.75, 3.05) is 32.8 Å². The number of halogens is 1. The Bertz CT molecular complexity index is 800. The minimum Gasteiger partial charge on any atom is -0.370 e. The molecule has 1 N–H and O–H groups in total. The van der Waals surface area contributed by atoms with E-state index in [-0.39, 0.29) is 35.5 Å². The van der Waals surface area contributed by atoms with Crippen LogP contribution in [-0.2, 0) is 17.2 Å². The number of nitrogens with zero attached hydrogens (tertiary/aromatic N) is 4. The van der Waals surface area contributed by atoms with Gasteiger partial charge in [0.2, 0.25) is 0 Å². The van der Waals surface area contributed by atoms with Crippen LogP contribution in [0.15, 0.2) is 41.7 Å². The van der Waals surface area contributed by atoms with Crippen LogP contribution in [0.1, 0.15) is 43.6 Å². The van der Waals surface area contributed by atoms with Gasteiger partial charge in [-0.3, -0.25) is 9.67 Å². The van der Waals surface area contributed by atoms with Gasteiger partial charge >= 0.3 is 0 Å². The first-order valence-corrected chi connectivity index (χ1v) is 10.1. The second-order valence-corrected chi connectivity index (χ2v) is 8.17. The predicted octanol–water partition coefficient (Wildman–Crippen LogP) is 3.66. The maximum atomic E-state index is 5.98. The third-order valence-electron chi connectivity index (χ3n) is 5.25. The molecule has 0 aliphatic carbocycles. The van der Waals surface area contributed by atoms with E-state index in [2.05, 4.69) is 67.3 Å². The molecule has 160 valence electrons. The monoisotopic (exact) mass is 511 g/mol. The maximum Gasteiger partial charge on any atom is 0.194 e. The zero-order chi connectivity index (χ0) is 20.1. The largest absolute Gasteiger partial charge is 0.370 e. The summed E-state index contributed by atoms with van der Waals surface area (Å²) in [5, 5.41) is 7.74. The van der Waals surface area contributed by atoms with E-state index in [0.717, 1.165) is 37.7 Å². The molecule has 1 atom stereocenters. The summed E-state index contributed by atoms with van der Waals surface area (Å²) < 4.78 is 7.80. The van der Waals surface area contributed by atoms with Gasteiger partial charge in [0.25, 0.3) is 0 Å². The zero-order valence-electron chi connectivity index (χ0n) is 18.2. The molecule has 1 aromatic carbocycles. The van der Waals surface area contributed by atoms with E-state index in [4.69, 9.17) is 9.73 Å². The first kappa shape index (κ1) is 23.7. The Kier molecular flexibility index (Phi) is 8.51. The average Bonchev–Trinajstić information content (AvgIpc) is 3.12. The molecule has 7 heteroatoms. The average molecular weight is 511 g/mol. The first-order valence-electron chi connectivity index (χ1n) is 10.1. The van der Waals surface area contributed by atoms with Crippen molar-refractivity contribution in [3.05, 3.63) is 53.3 Å². The summed E-state index contributed by atoms with van der Waals surface area (Å²) in [5.41, 5.74) is 3.69. The fourth-order valence-corrected chi connectivity index (χ4v) is 3.44. The van der Waals surface area contributed by atoms with Crippen LogP contribution in [0.25, 0.3) is 0 Å². The standard InChI is InChI=1S/C22H33N5O.HI/c1-6-23-21(24-16-22(3,4)19-9-7-17(2)8-10-19)27-11-12-28-20(15-27)18-13-25-26(5)14-18;/h7-10,13-14,20H,6,11-12,15-16H2,1-5H3,(H,23,24);1H. The van der Waals surface area contributed by atoms with Gasteiger partial charge in [-0.25, -0.2) is 0 Å². The van der Waals surface area contributed by atoms with E-state index in [1.54, 1.807) is 0 Å². The molecule has 0 spiro atoms. The molecular weight excluding hydrogens is 477 g/mol. The second-order valence-electron chi connectivity index (χ2n) is 8.17. The van der Waals surface area contributed by atoms with E-state index in [1.807, 2.05) is 24.1 Å². The molecule has 0 radical (unpaired) electrons. The van der Waals surface area contributed by atoms with Crippen molar-refractivity contribution < 1.29 is 4.74 Å². The molecule has 29 heavy (non-hydrogen) atoms. The van der Waals surface area contributed by atoms with E-state index in [1.165, 1.54) is 11.1 Å². The van der Waals surface area contributed by atoms with Crippen LogP contribution in [-0.4, -0.2) is 53.4 Å². The summed E-state index contributed by atoms with van der Waals surface area (Å²) in [7, 11) is 1.93. The lowest BCUT2D eigenvalue weighted by Gasteiger charge is -2.35. The van der Waals surface area contributed by atoms with Crippen molar-refractivity contribution in [1.29, 1.82) is 0 Å². The van der Waals surface area contributed by atoms with Gasteiger partial charge in [-0.15, -0.1) is 24.0 Å². The molecule has 0 saturated carbocycles. The Morgan fingerprint density at radius 2 is 2.03 bits per heavy atom. The summed E-state index contributed by atoms with van der Waals surface area (Å²) in [6, 6.07) is 8.77. The second kappa shape index (κ2) is 10.4. The number of hydrogen-bond acceptors (Lipinski definition) is 3. The van der Waals surface area contributed by atoms with E-state index >= 15 is 0 Å². The molecule has 1 saturated heterocycles. The Morgan fingerprint density at radius 1 is 1.31 bits per heavy atom. The number of rotatable bonds is 5. The van der Waals surface area contributed by atoms with Gasteiger partial charge < -0.3 is 15.0 Å².